The largest absolute Gasteiger partial charge is 0.355 e. The topological polar surface area (TPSA) is 41.1 Å². The standard InChI is InChI=1S/C14H21FN2O/c1-14(2,10-17-13(18)8-9-16-3)11-6-4-5-7-12(11)15/h4-7,16H,8-10H2,1-3H3,(H,17,18). The van der Waals surface area contributed by atoms with Crippen molar-refractivity contribution in [2.45, 2.75) is 25.7 Å². The minimum absolute atomic E-state index is 0.0197. The summed E-state index contributed by atoms with van der Waals surface area (Å²) in [7, 11) is 1.80. The monoisotopic (exact) mass is 252 g/mol. The first-order valence-electron chi connectivity index (χ1n) is 6.13. The van der Waals surface area contributed by atoms with E-state index in [9.17, 15) is 9.18 Å². The Hall–Kier alpha value is -1.42. The van der Waals surface area contributed by atoms with Crippen molar-refractivity contribution in [1.29, 1.82) is 0 Å². The van der Waals surface area contributed by atoms with Crippen LogP contribution in [0.3, 0.4) is 0 Å². The number of halogens is 1. The number of hydrogen-bond donors (Lipinski definition) is 2. The zero-order chi connectivity index (χ0) is 13.6. The average molecular weight is 252 g/mol. The summed E-state index contributed by atoms with van der Waals surface area (Å²) in [6.07, 6.45) is 0.434. The SMILES string of the molecule is CNCCC(=O)NCC(C)(C)c1ccccc1F. The van der Waals surface area contributed by atoms with E-state index in [2.05, 4.69) is 10.6 Å². The van der Waals surface area contributed by atoms with Crippen molar-refractivity contribution in [2.24, 2.45) is 0 Å². The Kier molecular flexibility index (Phi) is 5.28. The van der Waals surface area contributed by atoms with Gasteiger partial charge in [0.25, 0.3) is 0 Å². The number of nitrogens with one attached hydrogen (secondary N) is 2. The third-order valence-corrected chi connectivity index (χ3v) is 2.93. The quantitative estimate of drug-likeness (QED) is 0.811. The Morgan fingerprint density at radius 2 is 2.00 bits per heavy atom. The van der Waals surface area contributed by atoms with Crippen molar-refractivity contribution >= 4 is 5.91 Å². The summed E-state index contributed by atoms with van der Waals surface area (Å²) in [5, 5.41) is 5.75. The molecule has 0 aliphatic carbocycles. The van der Waals surface area contributed by atoms with Crippen LogP contribution in [0.25, 0.3) is 0 Å². The van der Waals surface area contributed by atoms with Gasteiger partial charge in [-0.15, -0.1) is 0 Å². The molecular weight excluding hydrogens is 231 g/mol. The van der Waals surface area contributed by atoms with Crippen LogP contribution in [0, 0.1) is 5.82 Å². The second kappa shape index (κ2) is 6.50. The highest BCUT2D eigenvalue weighted by molar-refractivity contribution is 5.76. The third-order valence-electron chi connectivity index (χ3n) is 2.93. The number of amides is 1. The molecular formula is C14H21FN2O. The molecule has 100 valence electrons. The molecule has 0 bridgehead atoms. The van der Waals surface area contributed by atoms with Gasteiger partial charge in [0.15, 0.2) is 0 Å². The summed E-state index contributed by atoms with van der Waals surface area (Å²) >= 11 is 0. The predicted octanol–water partition coefficient (Wildman–Crippen LogP) is 1.83. The molecule has 0 fully saturated rings. The second-order valence-corrected chi connectivity index (χ2v) is 4.99. The maximum absolute atomic E-state index is 13.7. The number of carbonyl (C=O) groups is 1. The van der Waals surface area contributed by atoms with Crippen LogP contribution in [-0.2, 0) is 10.2 Å². The minimum Gasteiger partial charge on any atom is -0.355 e. The molecule has 0 aliphatic heterocycles. The Morgan fingerprint density at radius 1 is 1.33 bits per heavy atom. The highest BCUT2D eigenvalue weighted by atomic mass is 19.1. The summed E-state index contributed by atoms with van der Waals surface area (Å²) in [6, 6.07) is 6.68. The molecule has 18 heavy (non-hydrogen) atoms. The summed E-state index contributed by atoms with van der Waals surface area (Å²) in [5.74, 6) is -0.249. The van der Waals surface area contributed by atoms with Crippen LogP contribution in [0.2, 0.25) is 0 Å². The summed E-state index contributed by atoms with van der Waals surface area (Å²) in [5.41, 5.74) is 0.208. The normalized spacial score (nSPS) is 11.3. The molecule has 0 aliphatic rings. The number of benzene rings is 1. The molecule has 0 saturated carbocycles. The van der Waals surface area contributed by atoms with Crippen LogP contribution in [0.4, 0.5) is 4.39 Å². The lowest BCUT2D eigenvalue weighted by molar-refractivity contribution is -0.121. The molecule has 0 spiro atoms. The van der Waals surface area contributed by atoms with E-state index in [4.69, 9.17) is 0 Å². The van der Waals surface area contributed by atoms with Gasteiger partial charge in [0, 0.05) is 24.9 Å². The molecule has 3 nitrogen and oxygen atoms in total. The van der Waals surface area contributed by atoms with Gasteiger partial charge in [-0.1, -0.05) is 32.0 Å². The Morgan fingerprint density at radius 3 is 2.61 bits per heavy atom. The fourth-order valence-electron chi connectivity index (χ4n) is 1.75. The lowest BCUT2D eigenvalue weighted by Crippen LogP contribution is -2.38. The van der Waals surface area contributed by atoms with E-state index < -0.39 is 5.41 Å². The maximum Gasteiger partial charge on any atom is 0.221 e. The fourth-order valence-corrected chi connectivity index (χ4v) is 1.75. The first-order chi connectivity index (χ1) is 8.47. The van der Waals surface area contributed by atoms with Gasteiger partial charge in [-0.2, -0.15) is 0 Å². The molecule has 0 heterocycles. The molecule has 0 radical (unpaired) electrons. The van der Waals surface area contributed by atoms with Crippen molar-refractivity contribution < 1.29 is 9.18 Å². The van der Waals surface area contributed by atoms with Crippen LogP contribution in [0.15, 0.2) is 24.3 Å². The molecule has 1 aromatic rings. The van der Waals surface area contributed by atoms with Gasteiger partial charge in [-0.05, 0) is 18.7 Å². The summed E-state index contributed by atoms with van der Waals surface area (Å²) in [4.78, 5) is 11.5. The Balaban J connectivity index is 2.60. The van der Waals surface area contributed by atoms with Gasteiger partial charge in [-0.3, -0.25) is 4.79 Å². The third kappa shape index (κ3) is 4.11. The van der Waals surface area contributed by atoms with E-state index in [1.165, 1.54) is 6.07 Å². The Bertz CT molecular complexity index is 405. The predicted molar refractivity (Wildman–Crippen MR) is 71.0 cm³/mol. The molecule has 2 N–H and O–H groups in total. The van der Waals surface area contributed by atoms with Crippen LogP contribution < -0.4 is 10.6 Å². The molecule has 0 saturated heterocycles. The zero-order valence-electron chi connectivity index (χ0n) is 11.2. The summed E-state index contributed by atoms with van der Waals surface area (Å²) < 4.78 is 13.7. The number of carbonyl (C=O) groups excluding carboxylic acids is 1. The molecule has 0 aromatic heterocycles. The van der Waals surface area contributed by atoms with Crippen molar-refractivity contribution in [3.05, 3.63) is 35.6 Å². The minimum atomic E-state index is -0.416. The van der Waals surface area contributed by atoms with Gasteiger partial charge < -0.3 is 10.6 Å². The second-order valence-electron chi connectivity index (χ2n) is 4.99. The first kappa shape index (κ1) is 14.6. The lowest BCUT2D eigenvalue weighted by atomic mass is 9.84. The number of rotatable bonds is 6. The van der Waals surface area contributed by atoms with Gasteiger partial charge in [0.1, 0.15) is 5.82 Å². The smallest absolute Gasteiger partial charge is 0.221 e. The van der Waals surface area contributed by atoms with E-state index in [-0.39, 0.29) is 11.7 Å². The van der Waals surface area contributed by atoms with Crippen molar-refractivity contribution in [3.63, 3.8) is 0 Å². The lowest BCUT2D eigenvalue weighted by Gasteiger charge is -2.26. The van der Waals surface area contributed by atoms with Crippen molar-refractivity contribution in [2.75, 3.05) is 20.1 Å². The Labute approximate surface area is 108 Å². The van der Waals surface area contributed by atoms with E-state index >= 15 is 0 Å². The molecule has 1 rings (SSSR count). The van der Waals surface area contributed by atoms with E-state index in [0.29, 0.717) is 25.1 Å². The van der Waals surface area contributed by atoms with E-state index in [1.807, 2.05) is 19.9 Å². The highest BCUT2D eigenvalue weighted by Gasteiger charge is 2.24. The molecule has 1 amide bonds. The molecule has 0 atom stereocenters. The van der Waals surface area contributed by atoms with Crippen LogP contribution in [0.1, 0.15) is 25.8 Å². The van der Waals surface area contributed by atoms with Gasteiger partial charge in [0.05, 0.1) is 0 Å². The fraction of sp³-hybridized carbons (Fsp3) is 0.500. The van der Waals surface area contributed by atoms with E-state index in [1.54, 1.807) is 19.2 Å². The highest BCUT2D eigenvalue weighted by Crippen LogP contribution is 2.24. The van der Waals surface area contributed by atoms with Crippen molar-refractivity contribution in [1.82, 2.24) is 10.6 Å². The molecule has 4 heteroatoms. The number of hydrogen-bond acceptors (Lipinski definition) is 2. The van der Waals surface area contributed by atoms with Crippen LogP contribution in [-0.4, -0.2) is 26.0 Å². The average Bonchev–Trinajstić information content (AvgIpc) is 2.34. The zero-order valence-corrected chi connectivity index (χ0v) is 11.2. The van der Waals surface area contributed by atoms with Crippen LogP contribution >= 0.6 is 0 Å². The first-order valence-corrected chi connectivity index (χ1v) is 6.13. The molecule has 1 aromatic carbocycles. The summed E-state index contributed by atoms with van der Waals surface area (Å²) in [6.45, 7) is 4.91. The van der Waals surface area contributed by atoms with Gasteiger partial charge in [-0.25, -0.2) is 4.39 Å². The van der Waals surface area contributed by atoms with Crippen molar-refractivity contribution in [3.8, 4) is 0 Å². The van der Waals surface area contributed by atoms with Gasteiger partial charge >= 0.3 is 0 Å². The molecule has 0 unspecified atom stereocenters. The van der Waals surface area contributed by atoms with E-state index in [0.717, 1.165) is 0 Å². The maximum atomic E-state index is 13.7. The van der Waals surface area contributed by atoms with Crippen LogP contribution in [0.5, 0.6) is 0 Å². The van der Waals surface area contributed by atoms with Gasteiger partial charge in [0.2, 0.25) is 5.91 Å².